The lowest BCUT2D eigenvalue weighted by molar-refractivity contribution is -0.227. The van der Waals surface area contributed by atoms with Crippen LogP contribution in [0.3, 0.4) is 0 Å². The van der Waals surface area contributed by atoms with Gasteiger partial charge in [0.05, 0.1) is 0 Å². The number of aliphatic hydroxyl groups excluding tert-OH is 1. The van der Waals surface area contributed by atoms with E-state index in [0.717, 1.165) is 25.0 Å². The molecule has 0 heterocycles. The van der Waals surface area contributed by atoms with Crippen molar-refractivity contribution < 1.29 is 14.0 Å². The number of aliphatic hydroxyl groups is 1. The van der Waals surface area contributed by atoms with Gasteiger partial charge in [0.25, 0.3) is 0 Å². The average Bonchev–Trinajstić information content (AvgIpc) is 2.55. The fourth-order valence-electron chi connectivity index (χ4n) is 7.17. The van der Waals surface area contributed by atoms with E-state index in [4.69, 9.17) is 14.0 Å². The Bertz CT molecular complexity index is 627. The summed E-state index contributed by atoms with van der Waals surface area (Å²) in [6.07, 6.45) is 12.1. The zero-order chi connectivity index (χ0) is 25.9. The van der Waals surface area contributed by atoms with Crippen LogP contribution >= 0.6 is 0 Å². The molecule has 5 heteroatoms. The largest absolute Gasteiger partial charge is 0.416 e. The van der Waals surface area contributed by atoms with Crippen molar-refractivity contribution in [1.29, 1.82) is 0 Å². The van der Waals surface area contributed by atoms with Crippen LogP contribution in [0.5, 0.6) is 0 Å². The quantitative estimate of drug-likeness (QED) is 0.299. The SMILES string of the molecule is CC(C)(C)[Si](C)(C)OCC12CC(CCO)(C1)C2.CCCC12CC(CO[Si](C)(C)C(C)(C)C)(C1)C2. The highest BCUT2D eigenvalue weighted by molar-refractivity contribution is 6.74. The molecule has 0 amide bonds. The maximum atomic E-state index is 9.02. The Balaban J connectivity index is 0.000000191. The molecular formula is C29H58O3Si2. The molecule has 200 valence electrons. The van der Waals surface area contributed by atoms with E-state index in [-0.39, 0.29) is 0 Å². The molecule has 6 saturated carbocycles. The number of hydrogen-bond donors (Lipinski definition) is 1. The van der Waals surface area contributed by atoms with E-state index < -0.39 is 16.6 Å². The minimum atomic E-state index is -1.56. The first-order chi connectivity index (χ1) is 15.3. The first-order valence-electron chi connectivity index (χ1n) is 14.2. The number of hydrogen-bond acceptors (Lipinski definition) is 3. The first-order valence-corrected chi connectivity index (χ1v) is 20.0. The highest BCUT2D eigenvalue weighted by Crippen LogP contribution is 2.76. The zero-order valence-corrected chi connectivity index (χ0v) is 26.7. The first kappa shape index (κ1) is 28.9. The second-order valence-corrected chi connectivity index (χ2v) is 26.0. The van der Waals surface area contributed by atoms with Crippen LogP contribution in [0.1, 0.15) is 106 Å². The summed E-state index contributed by atoms with van der Waals surface area (Å²) in [7, 11) is -3.08. The molecule has 6 aliphatic carbocycles. The van der Waals surface area contributed by atoms with Crippen molar-refractivity contribution in [3.63, 3.8) is 0 Å². The molecule has 34 heavy (non-hydrogen) atoms. The van der Waals surface area contributed by atoms with Crippen molar-refractivity contribution in [3.05, 3.63) is 0 Å². The van der Waals surface area contributed by atoms with Gasteiger partial charge in [0.1, 0.15) is 0 Å². The molecule has 0 radical (unpaired) electrons. The summed E-state index contributed by atoms with van der Waals surface area (Å²) >= 11 is 0. The fourth-order valence-corrected chi connectivity index (χ4v) is 9.37. The van der Waals surface area contributed by atoms with Gasteiger partial charge in [-0.2, -0.15) is 0 Å². The summed E-state index contributed by atoms with van der Waals surface area (Å²) in [5.41, 5.74) is 2.41. The van der Waals surface area contributed by atoms with E-state index in [2.05, 4.69) is 74.7 Å². The topological polar surface area (TPSA) is 38.7 Å². The van der Waals surface area contributed by atoms with Crippen molar-refractivity contribution in [2.45, 2.75) is 143 Å². The van der Waals surface area contributed by atoms with E-state index in [9.17, 15) is 0 Å². The molecule has 0 spiro atoms. The average molecular weight is 511 g/mol. The molecule has 6 fully saturated rings. The molecule has 0 unspecified atom stereocenters. The van der Waals surface area contributed by atoms with Gasteiger partial charge in [-0.15, -0.1) is 0 Å². The maximum absolute atomic E-state index is 9.02. The van der Waals surface area contributed by atoms with Crippen molar-refractivity contribution in [2.24, 2.45) is 21.7 Å². The summed E-state index contributed by atoms with van der Waals surface area (Å²) in [5.74, 6) is 0. The summed E-state index contributed by atoms with van der Waals surface area (Å²) in [5, 5.41) is 9.69. The maximum Gasteiger partial charge on any atom is 0.192 e. The third kappa shape index (κ3) is 5.44. The van der Waals surface area contributed by atoms with E-state index in [1.165, 1.54) is 51.4 Å². The molecular weight excluding hydrogens is 452 g/mol. The molecule has 6 aliphatic rings. The minimum Gasteiger partial charge on any atom is -0.416 e. The van der Waals surface area contributed by atoms with Crippen molar-refractivity contribution in [3.8, 4) is 0 Å². The Labute approximate surface area is 214 Å². The summed E-state index contributed by atoms with van der Waals surface area (Å²) in [6.45, 7) is 28.0. The predicted octanol–water partition coefficient (Wildman–Crippen LogP) is 8.54. The second-order valence-electron chi connectivity index (χ2n) is 16.4. The van der Waals surface area contributed by atoms with Crippen LogP contribution < -0.4 is 0 Å². The number of rotatable bonds is 10. The lowest BCUT2D eigenvalue weighted by atomic mass is 9.34. The Kier molecular flexibility index (Phi) is 7.61. The van der Waals surface area contributed by atoms with Gasteiger partial charge in [0.2, 0.25) is 0 Å². The van der Waals surface area contributed by atoms with Crippen LogP contribution in [0.2, 0.25) is 36.3 Å². The van der Waals surface area contributed by atoms with E-state index in [1.807, 2.05) is 0 Å². The molecule has 0 aromatic heterocycles. The highest BCUT2D eigenvalue weighted by atomic mass is 28.4. The molecule has 6 rings (SSSR count). The third-order valence-corrected chi connectivity index (χ3v) is 20.0. The second kappa shape index (κ2) is 8.96. The van der Waals surface area contributed by atoms with Gasteiger partial charge >= 0.3 is 0 Å². The molecule has 0 atom stereocenters. The van der Waals surface area contributed by atoms with Crippen molar-refractivity contribution in [1.82, 2.24) is 0 Å². The minimum absolute atomic E-state index is 0.319. The van der Waals surface area contributed by atoms with Crippen molar-refractivity contribution >= 4 is 16.6 Å². The normalized spacial score (nSPS) is 36.4. The van der Waals surface area contributed by atoms with Crippen LogP contribution in [-0.2, 0) is 8.85 Å². The summed E-state index contributed by atoms with van der Waals surface area (Å²) in [4.78, 5) is 0. The van der Waals surface area contributed by atoms with Gasteiger partial charge in [0.15, 0.2) is 16.6 Å². The standard InChI is InChI=1S/C15H30OSi.C14H28O2Si/c1-7-8-14-9-15(10-14,11-14)12-16-17(5,6)13(2,3)4;1-12(2,3)17(4,5)16-11-14-8-13(9-14,10-14)6-7-15/h7-12H2,1-6H3;15H,6-11H2,1-5H3. The molecule has 1 N–H and O–H groups in total. The van der Waals surface area contributed by atoms with Crippen LogP contribution in [0, 0.1) is 21.7 Å². The summed E-state index contributed by atoms with van der Waals surface area (Å²) < 4.78 is 12.7. The van der Waals surface area contributed by atoms with Gasteiger partial charge in [0, 0.05) is 19.8 Å². The van der Waals surface area contributed by atoms with Crippen molar-refractivity contribution in [2.75, 3.05) is 19.8 Å². The van der Waals surface area contributed by atoms with Crippen LogP contribution in [0.25, 0.3) is 0 Å². The van der Waals surface area contributed by atoms with Gasteiger partial charge in [-0.3, -0.25) is 0 Å². The lowest BCUT2D eigenvalue weighted by Crippen LogP contribution is -2.64. The fraction of sp³-hybridized carbons (Fsp3) is 1.00. The molecule has 0 aliphatic heterocycles. The Morgan fingerprint density at radius 1 is 0.618 bits per heavy atom. The van der Waals surface area contributed by atoms with E-state index >= 15 is 0 Å². The summed E-state index contributed by atoms with van der Waals surface area (Å²) in [6, 6.07) is 0. The Hall–Kier alpha value is 0.314. The molecule has 0 saturated heterocycles. The Morgan fingerprint density at radius 3 is 1.21 bits per heavy atom. The van der Waals surface area contributed by atoms with Gasteiger partial charge in [-0.25, -0.2) is 0 Å². The smallest absolute Gasteiger partial charge is 0.192 e. The van der Waals surface area contributed by atoms with E-state index in [0.29, 0.717) is 32.9 Å². The third-order valence-electron chi connectivity index (χ3n) is 11.0. The Morgan fingerprint density at radius 2 is 0.941 bits per heavy atom. The van der Waals surface area contributed by atoms with Gasteiger partial charge < -0.3 is 14.0 Å². The lowest BCUT2D eigenvalue weighted by Gasteiger charge is -2.71. The molecule has 0 aromatic rings. The monoisotopic (exact) mass is 510 g/mol. The highest BCUT2D eigenvalue weighted by Gasteiger charge is 2.67. The van der Waals surface area contributed by atoms with Crippen LogP contribution in [0.15, 0.2) is 0 Å². The van der Waals surface area contributed by atoms with Gasteiger partial charge in [-0.05, 0) is 109 Å². The van der Waals surface area contributed by atoms with Crippen LogP contribution in [0.4, 0.5) is 0 Å². The predicted molar refractivity (Wildman–Crippen MR) is 150 cm³/mol. The van der Waals surface area contributed by atoms with Crippen LogP contribution in [-0.4, -0.2) is 41.6 Å². The molecule has 0 aromatic carbocycles. The van der Waals surface area contributed by atoms with Gasteiger partial charge in [-0.1, -0.05) is 54.9 Å². The van der Waals surface area contributed by atoms with E-state index in [1.54, 1.807) is 0 Å². The molecule has 3 nitrogen and oxygen atoms in total. The molecule has 4 bridgehead atoms. The zero-order valence-electron chi connectivity index (χ0n) is 24.7.